The first-order valence-corrected chi connectivity index (χ1v) is 24.7. The third-order valence-corrected chi connectivity index (χ3v) is 15.2. The Labute approximate surface area is 392 Å². The minimum atomic E-state index is -3.99. The second-order valence-electron chi connectivity index (χ2n) is 18.3. The second kappa shape index (κ2) is 18.2. The molecule has 16 heteroatoms. The van der Waals surface area contributed by atoms with Gasteiger partial charge in [-0.1, -0.05) is 73.3 Å². The molecule has 6 aliphatic rings. The minimum Gasteiger partial charge on any atom is -0.491 e. The zero-order valence-electron chi connectivity index (χ0n) is 38.5. The standard InChI is InChI=1S/C51H58N4O11S/c1-7-24-54-39-20-22-50(29-41(57)62-4)21-13-25-53-26-23-51(39,48(50)53)36-28-34(46(64-27-8-2)47(63-5)45(36)54)35-30-55(49(58)65-31-32-14-10-9-11-15-32)37(18-19-40(56)61-3)44-42(35)33-16-12-17-38(43(33)52-44)66-67(6,59)60/h7-12,14-17,20,22,28,35,37,39,42,48H,1-2,13,18-19,21,23-27,29-31H2,3-6H3/t35-,37-,39+,42?,48+,50+,51+/m0/s1. The van der Waals surface area contributed by atoms with Gasteiger partial charge < -0.3 is 32.8 Å². The number of piperidine rings is 2. The zero-order valence-corrected chi connectivity index (χ0v) is 39.3. The summed E-state index contributed by atoms with van der Waals surface area (Å²) in [6, 6.07) is 15.8. The Hall–Kier alpha value is -6.13. The number of para-hydroxylation sites is 1. The first-order chi connectivity index (χ1) is 32.3. The van der Waals surface area contributed by atoms with E-state index in [2.05, 4.69) is 41.2 Å². The van der Waals surface area contributed by atoms with Gasteiger partial charge in [0.25, 0.3) is 0 Å². The molecule has 1 spiro atoms. The molecule has 354 valence electrons. The maximum Gasteiger partial charge on any atom is 0.410 e. The number of likely N-dealkylation sites (tertiary alicyclic amines) is 1. The number of carbonyl (C=O) groups is 3. The van der Waals surface area contributed by atoms with Gasteiger partial charge in [-0.3, -0.25) is 24.4 Å². The van der Waals surface area contributed by atoms with Crippen LogP contribution in [0.4, 0.5) is 16.2 Å². The molecule has 1 amide bonds. The van der Waals surface area contributed by atoms with E-state index < -0.39 is 50.9 Å². The summed E-state index contributed by atoms with van der Waals surface area (Å²) in [6.45, 7) is 10.6. The predicted octanol–water partition coefficient (Wildman–Crippen LogP) is 7.13. The van der Waals surface area contributed by atoms with Crippen LogP contribution in [0.3, 0.4) is 0 Å². The van der Waals surface area contributed by atoms with Crippen molar-refractivity contribution in [2.45, 2.75) is 80.5 Å². The van der Waals surface area contributed by atoms with Crippen molar-refractivity contribution in [1.29, 1.82) is 0 Å². The van der Waals surface area contributed by atoms with E-state index in [4.69, 9.17) is 32.9 Å². The Kier molecular flexibility index (Phi) is 12.5. The molecule has 0 N–H and O–H groups in total. The summed E-state index contributed by atoms with van der Waals surface area (Å²) in [5, 5.41) is 0. The number of esters is 2. The molecule has 67 heavy (non-hydrogen) atoms. The number of aliphatic imine (C=N–C) groups is 1. The van der Waals surface area contributed by atoms with Crippen LogP contribution in [0.15, 0.2) is 97.1 Å². The number of carbonyl (C=O) groups excluding carboxylic acids is 3. The number of methoxy groups -OCH3 is 3. The number of nitrogens with zero attached hydrogens (tertiary/aromatic N) is 4. The number of amides is 1. The fraction of sp³-hybridized carbons (Fsp3) is 0.451. The first-order valence-electron chi connectivity index (χ1n) is 22.8. The molecule has 5 heterocycles. The van der Waals surface area contributed by atoms with Gasteiger partial charge in [0.1, 0.15) is 18.9 Å². The van der Waals surface area contributed by atoms with Gasteiger partial charge in [0.2, 0.25) is 0 Å². The van der Waals surface area contributed by atoms with Crippen molar-refractivity contribution in [1.82, 2.24) is 9.80 Å². The number of hydrogen-bond acceptors (Lipinski definition) is 14. The molecule has 3 aromatic carbocycles. The van der Waals surface area contributed by atoms with E-state index in [1.807, 2.05) is 42.5 Å². The lowest BCUT2D eigenvalue weighted by molar-refractivity contribution is -0.145. The Balaban J connectivity index is 1.28. The van der Waals surface area contributed by atoms with Gasteiger partial charge in [0.05, 0.1) is 51.8 Å². The van der Waals surface area contributed by atoms with Crippen LogP contribution >= 0.6 is 0 Å². The molecule has 1 unspecified atom stereocenters. The number of benzene rings is 3. The van der Waals surface area contributed by atoms with Crippen molar-refractivity contribution < 1.29 is 50.7 Å². The van der Waals surface area contributed by atoms with Gasteiger partial charge in [0.15, 0.2) is 17.2 Å². The van der Waals surface area contributed by atoms with E-state index in [1.54, 1.807) is 30.2 Å². The Bertz CT molecular complexity index is 2650. The van der Waals surface area contributed by atoms with Gasteiger partial charge in [-0.2, -0.15) is 8.42 Å². The summed E-state index contributed by atoms with van der Waals surface area (Å²) in [6.07, 6.45) is 11.4. The lowest BCUT2D eigenvalue weighted by atomic mass is 9.54. The van der Waals surface area contributed by atoms with Crippen LogP contribution in [-0.4, -0.2) is 120 Å². The maximum atomic E-state index is 14.8. The van der Waals surface area contributed by atoms with E-state index in [-0.39, 0.29) is 62.8 Å². The number of anilines is 1. The van der Waals surface area contributed by atoms with Crippen LogP contribution in [-0.2, 0) is 45.9 Å². The van der Waals surface area contributed by atoms with Crippen LogP contribution in [0.1, 0.15) is 72.6 Å². The zero-order chi connectivity index (χ0) is 47.3. The highest BCUT2D eigenvalue weighted by atomic mass is 32.2. The molecule has 3 aromatic rings. The largest absolute Gasteiger partial charge is 0.491 e. The van der Waals surface area contributed by atoms with Crippen LogP contribution in [0.2, 0.25) is 0 Å². The van der Waals surface area contributed by atoms with Crippen molar-refractivity contribution in [2.75, 3.05) is 65.3 Å². The van der Waals surface area contributed by atoms with Crippen molar-refractivity contribution in [2.24, 2.45) is 10.4 Å². The van der Waals surface area contributed by atoms with Gasteiger partial charge in [0, 0.05) is 59.5 Å². The van der Waals surface area contributed by atoms with Crippen molar-refractivity contribution >= 4 is 45.2 Å². The fourth-order valence-electron chi connectivity index (χ4n) is 12.4. The molecule has 7 atom stereocenters. The highest BCUT2D eigenvalue weighted by Crippen LogP contribution is 2.67. The first kappa shape index (κ1) is 46.0. The smallest absolute Gasteiger partial charge is 0.410 e. The van der Waals surface area contributed by atoms with Crippen LogP contribution in [0, 0.1) is 5.41 Å². The molecule has 0 bridgehead atoms. The summed E-state index contributed by atoms with van der Waals surface area (Å²) in [5.74, 6) is -0.870. The average Bonchev–Trinajstić information content (AvgIpc) is 4.00. The summed E-state index contributed by atoms with van der Waals surface area (Å²) in [5.41, 5.74) is 3.97. The normalized spacial score (nSPS) is 26.5. The highest BCUT2D eigenvalue weighted by Gasteiger charge is 2.68. The van der Waals surface area contributed by atoms with Gasteiger partial charge in [-0.15, -0.1) is 6.58 Å². The van der Waals surface area contributed by atoms with Gasteiger partial charge >= 0.3 is 28.1 Å². The summed E-state index contributed by atoms with van der Waals surface area (Å²) in [7, 11) is 0.403. The minimum absolute atomic E-state index is 0.00478. The quantitative estimate of drug-likeness (QED) is 0.0618. The molecule has 0 radical (unpaired) electrons. The highest BCUT2D eigenvalue weighted by molar-refractivity contribution is 7.86. The third kappa shape index (κ3) is 7.84. The van der Waals surface area contributed by atoms with Crippen molar-refractivity contribution in [3.63, 3.8) is 0 Å². The van der Waals surface area contributed by atoms with Crippen molar-refractivity contribution in [3.8, 4) is 17.2 Å². The van der Waals surface area contributed by atoms with Crippen LogP contribution in [0.5, 0.6) is 17.2 Å². The lowest BCUT2D eigenvalue weighted by Crippen LogP contribution is -2.63. The monoisotopic (exact) mass is 934 g/mol. The van der Waals surface area contributed by atoms with Crippen molar-refractivity contribution in [3.05, 3.63) is 114 Å². The maximum absolute atomic E-state index is 14.8. The van der Waals surface area contributed by atoms with E-state index in [9.17, 15) is 22.8 Å². The Morgan fingerprint density at radius 1 is 0.940 bits per heavy atom. The van der Waals surface area contributed by atoms with Gasteiger partial charge in [-0.05, 0) is 67.6 Å². The van der Waals surface area contributed by atoms with Crippen LogP contribution in [0.25, 0.3) is 0 Å². The molecule has 15 nitrogen and oxygen atoms in total. The summed E-state index contributed by atoms with van der Waals surface area (Å²) in [4.78, 5) is 52.7. The number of fused-ring (bicyclic) bond motifs is 4. The average molecular weight is 935 g/mol. The molecule has 1 aliphatic carbocycles. The summed E-state index contributed by atoms with van der Waals surface area (Å²) >= 11 is 0. The van der Waals surface area contributed by atoms with E-state index >= 15 is 0 Å². The molecule has 0 aromatic heterocycles. The molecule has 0 saturated carbocycles. The molecule has 3 saturated heterocycles. The number of hydrogen-bond donors (Lipinski definition) is 0. The molecule has 3 fully saturated rings. The van der Waals surface area contributed by atoms with Gasteiger partial charge in [-0.25, -0.2) is 4.79 Å². The van der Waals surface area contributed by atoms with Crippen LogP contribution < -0.4 is 18.6 Å². The topological polar surface area (TPSA) is 163 Å². The molecule has 9 rings (SSSR count). The SMILES string of the molecule is C=CCOc1c([C@@H]2CN(C(=O)OCc3ccccc3)[C@@H](CCC(=O)OC)C3=Nc4c(OS(C)(=O)=O)cccc4C32)cc2c(c1OC)N(CC=C)[C@@H]1C=C[C@@]3(CC(=O)OC)CCCN4CC[C@@]21[C@H]43. The number of ether oxygens (including phenoxy) is 5. The molecule has 5 aliphatic heterocycles. The lowest BCUT2D eigenvalue weighted by Gasteiger charge is -2.55. The summed E-state index contributed by atoms with van der Waals surface area (Å²) < 4.78 is 60.8. The van der Waals surface area contributed by atoms with E-state index in [1.165, 1.54) is 14.2 Å². The van der Waals surface area contributed by atoms with E-state index in [0.29, 0.717) is 35.0 Å². The molecular weight excluding hydrogens is 877 g/mol. The predicted molar refractivity (Wildman–Crippen MR) is 252 cm³/mol. The Morgan fingerprint density at radius 2 is 1.73 bits per heavy atom. The second-order valence-corrected chi connectivity index (χ2v) is 19.9. The number of rotatable bonds is 16. The fourth-order valence-corrected chi connectivity index (χ4v) is 12.9. The van der Waals surface area contributed by atoms with E-state index in [0.717, 1.165) is 61.0 Å². The Morgan fingerprint density at radius 3 is 2.45 bits per heavy atom. The molecular formula is C51H58N4O11S. The third-order valence-electron chi connectivity index (χ3n) is 14.7.